The standard InChI is InChI=1S/C12H15NO3/c1-2-16-10-3-4-11-9(7-10)5-6-13(11)8-12(14)15/h3-4,7H,2,5-6,8H2,1H3,(H,14,15). The van der Waals surface area contributed by atoms with E-state index in [-0.39, 0.29) is 6.54 Å². The monoisotopic (exact) mass is 221 g/mol. The van der Waals surface area contributed by atoms with E-state index in [1.807, 2.05) is 30.0 Å². The van der Waals surface area contributed by atoms with Gasteiger partial charge in [-0.05, 0) is 37.1 Å². The Morgan fingerprint density at radius 1 is 1.56 bits per heavy atom. The average molecular weight is 221 g/mol. The number of hydrogen-bond acceptors (Lipinski definition) is 3. The van der Waals surface area contributed by atoms with Crippen molar-refractivity contribution in [3.8, 4) is 5.75 Å². The molecule has 1 aliphatic rings. The maximum atomic E-state index is 10.7. The van der Waals surface area contributed by atoms with Gasteiger partial charge >= 0.3 is 5.97 Å². The molecule has 1 aromatic carbocycles. The lowest BCUT2D eigenvalue weighted by molar-refractivity contribution is -0.135. The number of anilines is 1. The molecular formula is C12H15NO3. The third-order valence-corrected chi connectivity index (χ3v) is 2.68. The van der Waals surface area contributed by atoms with Crippen LogP contribution in [0.3, 0.4) is 0 Å². The number of fused-ring (bicyclic) bond motifs is 1. The van der Waals surface area contributed by atoms with Gasteiger partial charge in [-0.15, -0.1) is 0 Å². The van der Waals surface area contributed by atoms with Gasteiger partial charge in [0.05, 0.1) is 6.61 Å². The maximum Gasteiger partial charge on any atom is 0.323 e. The van der Waals surface area contributed by atoms with E-state index in [4.69, 9.17) is 9.84 Å². The Kier molecular flexibility index (Phi) is 2.99. The maximum absolute atomic E-state index is 10.7. The highest BCUT2D eigenvalue weighted by Gasteiger charge is 2.21. The first-order valence-electron chi connectivity index (χ1n) is 5.43. The average Bonchev–Trinajstić information content (AvgIpc) is 2.61. The minimum absolute atomic E-state index is 0.0704. The van der Waals surface area contributed by atoms with Crippen LogP contribution in [0.25, 0.3) is 0 Å². The molecule has 0 radical (unpaired) electrons. The van der Waals surface area contributed by atoms with E-state index in [1.54, 1.807) is 0 Å². The highest BCUT2D eigenvalue weighted by molar-refractivity contribution is 5.75. The van der Waals surface area contributed by atoms with Gasteiger partial charge in [0.2, 0.25) is 0 Å². The smallest absolute Gasteiger partial charge is 0.323 e. The Morgan fingerprint density at radius 3 is 3.06 bits per heavy atom. The van der Waals surface area contributed by atoms with Crippen molar-refractivity contribution in [2.45, 2.75) is 13.3 Å². The van der Waals surface area contributed by atoms with Crippen molar-refractivity contribution in [3.63, 3.8) is 0 Å². The molecule has 0 fully saturated rings. The zero-order valence-electron chi connectivity index (χ0n) is 9.27. The molecule has 16 heavy (non-hydrogen) atoms. The number of aliphatic carboxylic acids is 1. The van der Waals surface area contributed by atoms with Crippen LogP contribution >= 0.6 is 0 Å². The number of rotatable bonds is 4. The van der Waals surface area contributed by atoms with Crippen LogP contribution in [0, 0.1) is 0 Å². The van der Waals surface area contributed by atoms with Crippen LogP contribution in [0.5, 0.6) is 5.75 Å². The van der Waals surface area contributed by atoms with Gasteiger partial charge in [-0.1, -0.05) is 0 Å². The fraction of sp³-hybridized carbons (Fsp3) is 0.417. The fourth-order valence-corrected chi connectivity index (χ4v) is 2.03. The fourth-order valence-electron chi connectivity index (χ4n) is 2.03. The predicted octanol–water partition coefficient (Wildman–Crippen LogP) is 1.53. The predicted molar refractivity (Wildman–Crippen MR) is 61.2 cm³/mol. The lowest BCUT2D eigenvalue weighted by Crippen LogP contribution is -2.27. The highest BCUT2D eigenvalue weighted by Crippen LogP contribution is 2.30. The van der Waals surface area contributed by atoms with Gasteiger partial charge in [-0.25, -0.2) is 0 Å². The third kappa shape index (κ3) is 2.10. The molecule has 0 aromatic heterocycles. The third-order valence-electron chi connectivity index (χ3n) is 2.68. The summed E-state index contributed by atoms with van der Waals surface area (Å²) in [6, 6.07) is 5.83. The molecule has 86 valence electrons. The normalized spacial score (nSPS) is 13.7. The van der Waals surface area contributed by atoms with Gasteiger partial charge in [0.25, 0.3) is 0 Å². The number of hydrogen-bond donors (Lipinski definition) is 1. The molecule has 0 aliphatic carbocycles. The first kappa shape index (κ1) is 10.8. The number of ether oxygens (including phenoxy) is 1. The topological polar surface area (TPSA) is 49.8 Å². The minimum Gasteiger partial charge on any atom is -0.494 e. The van der Waals surface area contributed by atoms with E-state index >= 15 is 0 Å². The molecule has 2 rings (SSSR count). The summed E-state index contributed by atoms with van der Waals surface area (Å²) >= 11 is 0. The Hall–Kier alpha value is -1.71. The molecule has 4 nitrogen and oxygen atoms in total. The summed E-state index contributed by atoms with van der Waals surface area (Å²) in [7, 11) is 0. The molecule has 0 saturated heterocycles. The highest BCUT2D eigenvalue weighted by atomic mass is 16.5. The summed E-state index contributed by atoms with van der Waals surface area (Å²) in [6.45, 7) is 3.44. The zero-order chi connectivity index (χ0) is 11.5. The van der Waals surface area contributed by atoms with Gasteiger partial charge in [-0.3, -0.25) is 4.79 Å². The molecular weight excluding hydrogens is 206 g/mol. The van der Waals surface area contributed by atoms with Gasteiger partial charge in [-0.2, -0.15) is 0 Å². The molecule has 0 bridgehead atoms. The first-order valence-corrected chi connectivity index (χ1v) is 5.43. The van der Waals surface area contributed by atoms with Gasteiger partial charge in [0.15, 0.2) is 0 Å². The number of nitrogens with zero attached hydrogens (tertiary/aromatic N) is 1. The van der Waals surface area contributed by atoms with E-state index in [0.717, 1.165) is 24.4 Å². The van der Waals surface area contributed by atoms with Crippen LogP contribution < -0.4 is 9.64 Å². The van der Waals surface area contributed by atoms with Crippen molar-refractivity contribution >= 4 is 11.7 Å². The van der Waals surface area contributed by atoms with Crippen molar-refractivity contribution in [2.24, 2.45) is 0 Å². The molecule has 0 saturated carbocycles. The number of carbonyl (C=O) groups is 1. The van der Waals surface area contributed by atoms with E-state index in [9.17, 15) is 4.79 Å². The van der Waals surface area contributed by atoms with E-state index in [0.29, 0.717) is 6.61 Å². The number of carboxylic acids is 1. The molecule has 1 N–H and O–H groups in total. The van der Waals surface area contributed by atoms with E-state index < -0.39 is 5.97 Å². The molecule has 0 atom stereocenters. The minimum atomic E-state index is -0.790. The van der Waals surface area contributed by atoms with Gasteiger partial charge in [0.1, 0.15) is 12.3 Å². The summed E-state index contributed by atoms with van der Waals surface area (Å²) in [5.74, 6) is 0.0696. The molecule has 0 amide bonds. The van der Waals surface area contributed by atoms with Gasteiger partial charge in [0, 0.05) is 12.2 Å². The van der Waals surface area contributed by atoms with Crippen molar-refractivity contribution in [1.29, 1.82) is 0 Å². The van der Waals surface area contributed by atoms with Crippen LogP contribution in [-0.2, 0) is 11.2 Å². The molecule has 1 aliphatic heterocycles. The first-order chi connectivity index (χ1) is 7.70. The Balaban J connectivity index is 2.18. The van der Waals surface area contributed by atoms with Crippen LogP contribution in [0.2, 0.25) is 0 Å². The van der Waals surface area contributed by atoms with E-state index in [2.05, 4.69) is 0 Å². The lowest BCUT2D eigenvalue weighted by atomic mass is 10.1. The van der Waals surface area contributed by atoms with Gasteiger partial charge < -0.3 is 14.7 Å². The summed E-state index contributed by atoms with van der Waals surface area (Å²) in [6.07, 6.45) is 0.892. The Labute approximate surface area is 94.4 Å². The Bertz CT molecular complexity index is 403. The second-order valence-corrected chi connectivity index (χ2v) is 3.79. The number of benzene rings is 1. The summed E-state index contributed by atoms with van der Waals surface area (Å²) < 4.78 is 5.41. The van der Waals surface area contributed by atoms with Crippen LogP contribution in [0.4, 0.5) is 5.69 Å². The van der Waals surface area contributed by atoms with Crippen molar-refractivity contribution < 1.29 is 14.6 Å². The van der Waals surface area contributed by atoms with Crippen LogP contribution in [0.1, 0.15) is 12.5 Å². The van der Waals surface area contributed by atoms with Crippen LogP contribution in [-0.4, -0.2) is 30.8 Å². The quantitative estimate of drug-likeness (QED) is 0.837. The molecule has 0 unspecified atom stereocenters. The second kappa shape index (κ2) is 4.43. The number of carboxylic acid groups (broad SMARTS) is 1. The summed E-state index contributed by atoms with van der Waals surface area (Å²) in [4.78, 5) is 12.6. The van der Waals surface area contributed by atoms with Crippen molar-refractivity contribution in [2.75, 3.05) is 24.6 Å². The second-order valence-electron chi connectivity index (χ2n) is 3.79. The molecule has 1 aromatic rings. The molecule has 4 heteroatoms. The lowest BCUT2D eigenvalue weighted by Gasteiger charge is -2.16. The largest absolute Gasteiger partial charge is 0.494 e. The van der Waals surface area contributed by atoms with Crippen molar-refractivity contribution in [3.05, 3.63) is 23.8 Å². The SMILES string of the molecule is CCOc1ccc2c(c1)CCN2CC(=O)O. The van der Waals surface area contributed by atoms with E-state index in [1.165, 1.54) is 5.56 Å². The zero-order valence-corrected chi connectivity index (χ0v) is 9.27. The molecule has 1 heterocycles. The van der Waals surface area contributed by atoms with Crippen LogP contribution in [0.15, 0.2) is 18.2 Å². The summed E-state index contributed by atoms with van der Waals surface area (Å²) in [5.41, 5.74) is 2.19. The molecule has 0 spiro atoms. The van der Waals surface area contributed by atoms with Crippen molar-refractivity contribution in [1.82, 2.24) is 0 Å². The summed E-state index contributed by atoms with van der Waals surface area (Å²) in [5, 5.41) is 8.77. The Morgan fingerprint density at radius 2 is 2.38 bits per heavy atom.